The number of amides is 1. The summed E-state index contributed by atoms with van der Waals surface area (Å²) in [6.07, 6.45) is -3.58. The molecule has 0 aliphatic rings. The number of carbonyl (C=O) groups excluding carboxylic acids is 1. The Balaban J connectivity index is 2.20. The van der Waals surface area contributed by atoms with Crippen molar-refractivity contribution >= 4 is 38.9 Å². The van der Waals surface area contributed by atoms with Crippen LogP contribution in [0.2, 0.25) is 5.02 Å². The molecule has 0 fully saturated rings. The number of nitrogens with one attached hydrogen (secondary N) is 2. The van der Waals surface area contributed by atoms with Crippen molar-refractivity contribution in [1.82, 2.24) is 0 Å². The Labute approximate surface area is 146 Å². The summed E-state index contributed by atoms with van der Waals surface area (Å²) >= 11 is 5.91. The van der Waals surface area contributed by atoms with Crippen molar-refractivity contribution in [2.75, 3.05) is 16.3 Å². The molecule has 0 bridgehead atoms. The number of hydrogen-bond acceptors (Lipinski definition) is 3. The first-order valence-electron chi connectivity index (χ1n) is 6.72. The van der Waals surface area contributed by atoms with Crippen LogP contribution in [0.1, 0.15) is 15.9 Å². The first-order chi connectivity index (χ1) is 11.5. The highest BCUT2D eigenvalue weighted by molar-refractivity contribution is 7.92. The van der Waals surface area contributed by atoms with E-state index in [4.69, 9.17) is 11.6 Å². The fraction of sp³-hybridized carbons (Fsp3) is 0.133. The van der Waals surface area contributed by atoms with Crippen molar-refractivity contribution in [2.24, 2.45) is 0 Å². The summed E-state index contributed by atoms with van der Waals surface area (Å²) in [6, 6.07) is 7.96. The molecule has 134 valence electrons. The van der Waals surface area contributed by atoms with E-state index in [-0.39, 0.29) is 22.0 Å². The van der Waals surface area contributed by atoms with E-state index < -0.39 is 27.7 Å². The summed E-state index contributed by atoms with van der Waals surface area (Å²) in [7, 11) is -3.54. The number of alkyl halides is 3. The molecule has 0 radical (unpaired) electrons. The second-order valence-corrected chi connectivity index (χ2v) is 7.26. The lowest BCUT2D eigenvalue weighted by Crippen LogP contribution is -2.14. The van der Waals surface area contributed by atoms with Gasteiger partial charge in [0.05, 0.1) is 22.5 Å². The van der Waals surface area contributed by atoms with E-state index in [1.54, 1.807) is 0 Å². The summed E-state index contributed by atoms with van der Waals surface area (Å²) in [6.45, 7) is 0. The molecule has 0 aliphatic carbocycles. The van der Waals surface area contributed by atoms with E-state index in [0.717, 1.165) is 18.4 Å². The molecule has 5 nitrogen and oxygen atoms in total. The molecule has 2 aromatic rings. The van der Waals surface area contributed by atoms with Gasteiger partial charge in [-0.1, -0.05) is 17.7 Å². The fourth-order valence-corrected chi connectivity index (χ4v) is 2.78. The summed E-state index contributed by atoms with van der Waals surface area (Å²) in [5.41, 5.74) is -0.786. The van der Waals surface area contributed by atoms with Gasteiger partial charge < -0.3 is 5.32 Å². The fourth-order valence-electron chi connectivity index (χ4n) is 1.92. The summed E-state index contributed by atoms with van der Waals surface area (Å²) in [4.78, 5) is 12.1. The molecule has 2 N–H and O–H groups in total. The lowest BCUT2D eigenvalue weighted by Gasteiger charge is -2.11. The summed E-state index contributed by atoms with van der Waals surface area (Å²) in [5, 5.41) is 2.30. The Kier molecular flexibility index (Phi) is 5.28. The third kappa shape index (κ3) is 5.36. The van der Waals surface area contributed by atoms with Gasteiger partial charge in [0.1, 0.15) is 0 Å². The van der Waals surface area contributed by atoms with E-state index in [0.29, 0.717) is 0 Å². The molecule has 10 heteroatoms. The smallest absolute Gasteiger partial charge is 0.322 e. The number of sulfonamides is 1. The maximum atomic E-state index is 12.7. The number of benzene rings is 2. The highest BCUT2D eigenvalue weighted by Crippen LogP contribution is 2.31. The van der Waals surface area contributed by atoms with Gasteiger partial charge >= 0.3 is 6.18 Å². The zero-order chi connectivity index (χ0) is 18.8. The van der Waals surface area contributed by atoms with Crippen LogP contribution in [-0.2, 0) is 16.2 Å². The van der Waals surface area contributed by atoms with Crippen molar-refractivity contribution in [2.45, 2.75) is 6.18 Å². The average molecular weight is 393 g/mol. The van der Waals surface area contributed by atoms with Crippen LogP contribution in [0, 0.1) is 0 Å². The topological polar surface area (TPSA) is 75.3 Å². The SMILES string of the molecule is CS(=O)(=O)Nc1ccc(C(=O)Nc2cccc(C(F)(F)F)c2)cc1Cl. The average Bonchev–Trinajstić information content (AvgIpc) is 2.47. The maximum absolute atomic E-state index is 12.7. The molecule has 0 saturated carbocycles. The quantitative estimate of drug-likeness (QED) is 0.826. The Morgan fingerprint density at radius 2 is 1.80 bits per heavy atom. The molecule has 0 spiro atoms. The van der Waals surface area contributed by atoms with Crippen molar-refractivity contribution in [3.05, 3.63) is 58.6 Å². The third-order valence-electron chi connectivity index (χ3n) is 2.97. The van der Waals surface area contributed by atoms with Crippen LogP contribution >= 0.6 is 11.6 Å². The Morgan fingerprint density at radius 1 is 1.12 bits per heavy atom. The highest BCUT2D eigenvalue weighted by Gasteiger charge is 2.30. The molecule has 0 unspecified atom stereocenters. The normalized spacial score (nSPS) is 11.9. The Morgan fingerprint density at radius 3 is 2.36 bits per heavy atom. The molecule has 2 rings (SSSR count). The van der Waals surface area contributed by atoms with Crippen LogP contribution in [0.25, 0.3) is 0 Å². The van der Waals surface area contributed by atoms with Crippen LogP contribution in [0.3, 0.4) is 0 Å². The molecule has 25 heavy (non-hydrogen) atoms. The third-order valence-corrected chi connectivity index (χ3v) is 3.88. The minimum atomic E-state index is -4.52. The minimum Gasteiger partial charge on any atom is -0.322 e. The van der Waals surface area contributed by atoms with E-state index in [9.17, 15) is 26.4 Å². The summed E-state index contributed by atoms with van der Waals surface area (Å²) in [5.74, 6) is -0.688. The van der Waals surface area contributed by atoms with Crippen LogP contribution < -0.4 is 10.0 Å². The Bertz CT molecular complexity index is 914. The number of hydrogen-bond donors (Lipinski definition) is 2. The molecule has 1 amide bonds. The van der Waals surface area contributed by atoms with E-state index in [2.05, 4.69) is 10.0 Å². The maximum Gasteiger partial charge on any atom is 0.416 e. The van der Waals surface area contributed by atoms with E-state index in [1.807, 2.05) is 0 Å². The van der Waals surface area contributed by atoms with Crippen molar-refractivity contribution < 1.29 is 26.4 Å². The van der Waals surface area contributed by atoms with Gasteiger partial charge in [0.25, 0.3) is 5.91 Å². The van der Waals surface area contributed by atoms with Crippen LogP contribution in [0.15, 0.2) is 42.5 Å². The van der Waals surface area contributed by atoms with Gasteiger partial charge in [-0.2, -0.15) is 13.2 Å². The van der Waals surface area contributed by atoms with Crippen LogP contribution in [-0.4, -0.2) is 20.6 Å². The lowest BCUT2D eigenvalue weighted by atomic mass is 10.1. The first kappa shape index (κ1) is 19.1. The standard InChI is InChI=1S/C15H12ClF3N2O3S/c1-25(23,24)21-13-6-5-9(7-12(13)16)14(22)20-11-4-2-3-10(8-11)15(17,18)19/h2-8,21H,1H3,(H,20,22). The Hall–Kier alpha value is -2.26. The molecule has 0 saturated heterocycles. The number of carbonyl (C=O) groups is 1. The lowest BCUT2D eigenvalue weighted by molar-refractivity contribution is -0.137. The van der Waals surface area contributed by atoms with Gasteiger partial charge in [0.15, 0.2) is 0 Å². The predicted octanol–water partition coefficient (Wildman–Crippen LogP) is 3.98. The van der Waals surface area contributed by atoms with Crippen LogP contribution in [0.5, 0.6) is 0 Å². The molecule has 2 aromatic carbocycles. The number of halogens is 4. The second kappa shape index (κ2) is 6.93. The molecular weight excluding hydrogens is 381 g/mol. The molecule has 0 atom stereocenters. The minimum absolute atomic E-state index is 0.0258. The van der Waals surface area contributed by atoms with Crippen molar-refractivity contribution in [1.29, 1.82) is 0 Å². The van der Waals surface area contributed by atoms with Crippen molar-refractivity contribution in [3.63, 3.8) is 0 Å². The number of anilines is 2. The van der Waals surface area contributed by atoms with Gasteiger partial charge in [-0.3, -0.25) is 9.52 Å². The van der Waals surface area contributed by atoms with Gasteiger partial charge in [0.2, 0.25) is 10.0 Å². The van der Waals surface area contributed by atoms with Gasteiger partial charge in [0, 0.05) is 11.3 Å². The second-order valence-electron chi connectivity index (χ2n) is 5.10. The van der Waals surface area contributed by atoms with Crippen LogP contribution in [0.4, 0.5) is 24.5 Å². The van der Waals surface area contributed by atoms with Gasteiger partial charge in [-0.25, -0.2) is 8.42 Å². The van der Waals surface area contributed by atoms with Crippen molar-refractivity contribution in [3.8, 4) is 0 Å². The number of rotatable bonds is 4. The summed E-state index contributed by atoms with van der Waals surface area (Å²) < 4.78 is 62.6. The zero-order valence-electron chi connectivity index (χ0n) is 12.7. The molecule has 0 heterocycles. The highest BCUT2D eigenvalue weighted by atomic mass is 35.5. The van der Waals surface area contributed by atoms with Gasteiger partial charge in [-0.15, -0.1) is 0 Å². The monoisotopic (exact) mass is 392 g/mol. The predicted molar refractivity (Wildman–Crippen MR) is 89.3 cm³/mol. The molecule has 0 aliphatic heterocycles. The largest absolute Gasteiger partial charge is 0.416 e. The zero-order valence-corrected chi connectivity index (χ0v) is 14.3. The van der Waals surface area contributed by atoms with E-state index >= 15 is 0 Å². The first-order valence-corrected chi connectivity index (χ1v) is 8.98. The van der Waals surface area contributed by atoms with Gasteiger partial charge in [-0.05, 0) is 36.4 Å². The molecular formula is C15H12ClF3N2O3S. The molecule has 0 aromatic heterocycles. The van der Waals surface area contributed by atoms with E-state index in [1.165, 1.54) is 30.3 Å².